The van der Waals surface area contributed by atoms with Crippen LogP contribution in [0.25, 0.3) is 6.08 Å². The summed E-state index contributed by atoms with van der Waals surface area (Å²) < 4.78 is 11.0. The second-order valence-electron chi connectivity index (χ2n) is 4.54. The lowest BCUT2D eigenvalue weighted by Crippen LogP contribution is -2.38. The average molecular weight is 314 g/mol. The Balaban J connectivity index is 0.00000220. The van der Waals surface area contributed by atoms with Gasteiger partial charge in [-0.2, -0.15) is 0 Å². The highest BCUT2D eigenvalue weighted by Crippen LogP contribution is 2.13. The molecule has 6 heteroatoms. The lowest BCUT2D eigenvalue weighted by molar-refractivity contribution is -0.131. The minimum absolute atomic E-state index is 0. The summed E-state index contributed by atoms with van der Waals surface area (Å²) >= 11 is 0. The van der Waals surface area contributed by atoms with Gasteiger partial charge in [-0.3, -0.25) is 4.90 Å². The molecule has 0 radical (unpaired) electrons. The fraction of sp³-hybridized carbons (Fsp3) is 0.400. The molecular formula is C15H20ClNO4. The molecule has 1 aliphatic rings. The Morgan fingerprint density at radius 3 is 2.57 bits per heavy atom. The fourth-order valence-corrected chi connectivity index (χ4v) is 1.96. The van der Waals surface area contributed by atoms with E-state index in [1.54, 1.807) is 6.08 Å². The number of carboxylic acids is 1. The van der Waals surface area contributed by atoms with Gasteiger partial charge in [0.25, 0.3) is 0 Å². The van der Waals surface area contributed by atoms with Crippen molar-refractivity contribution in [3.05, 3.63) is 35.9 Å². The maximum Gasteiger partial charge on any atom is 0.328 e. The Hall–Kier alpha value is -1.56. The summed E-state index contributed by atoms with van der Waals surface area (Å²) in [4.78, 5) is 12.7. The van der Waals surface area contributed by atoms with E-state index >= 15 is 0 Å². The molecule has 0 aliphatic carbocycles. The van der Waals surface area contributed by atoms with Crippen LogP contribution in [0.5, 0.6) is 5.75 Å². The minimum Gasteiger partial charge on any atom is -0.492 e. The molecule has 5 nitrogen and oxygen atoms in total. The highest BCUT2D eigenvalue weighted by Gasteiger charge is 2.09. The number of morpholine rings is 1. The van der Waals surface area contributed by atoms with Gasteiger partial charge >= 0.3 is 5.97 Å². The fourth-order valence-electron chi connectivity index (χ4n) is 1.96. The summed E-state index contributed by atoms with van der Waals surface area (Å²) in [6.07, 6.45) is 2.67. The van der Waals surface area contributed by atoms with E-state index in [-0.39, 0.29) is 12.4 Å². The van der Waals surface area contributed by atoms with E-state index in [2.05, 4.69) is 4.90 Å². The van der Waals surface area contributed by atoms with Gasteiger partial charge in [-0.05, 0) is 23.8 Å². The molecule has 1 aromatic rings. The van der Waals surface area contributed by atoms with Crippen molar-refractivity contribution in [1.82, 2.24) is 4.90 Å². The van der Waals surface area contributed by atoms with Crippen LogP contribution < -0.4 is 4.74 Å². The van der Waals surface area contributed by atoms with Gasteiger partial charge in [-0.1, -0.05) is 12.1 Å². The lowest BCUT2D eigenvalue weighted by Gasteiger charge is -2.26. The third-order valence-corrected chi connectivity index (χ3v) is 3.08. The molecule has 2 rings (SSSR count). The van der Waals surface area contributed by atoms with Crippen LogP contribution in [0.4, 0.5) is 0 Å². The predicted molar refractivity (Wildman–Crippen MR) is 83.1 cm³/mol. The monoisotopic (exact) mass is 313 g/mol. The SMILES string of the molecule is Cl.O=C(O)/C=C/c1ccc(OCCN2CCOCC2)cc1. The molecule has 0 bridgehead atoms. The Morgan fingerprint density at radius 2 is 1.95 bits per heavy atom. The number of halogens is 1. The molecule has 1 aliphatic heterocycles. The zero-order chi connectivity index (χ0) is 14.2. The molecule has 1 aromatic carbocycles. The summed E-state index contributed by atoms with van der Waals surface area (Å²) in [5.41, 5.74) is 0.841. The van der Waals surface area contributed by atoms with Gasteiger partial charge in [0, 0.05) is 25.7 Å². The van der Waals surface area contributed by atoms with Crippen LogP contribution in [0, 0.1) is 0 Å². The predicted octanol–water partition coefficient (Wildman–Crippen LogP) is 1.92. The molecule has 0 saturated carbocycles. The summed E-state index contributed by atoms with van der Waals surface area (Å²) in [6, 6.07) is 7.37. The molecule has 0 spiro atoms. The summed E-state index contributed by atoms with van der Waals surface area (Å²) in [6.45, 7) is 5.05. The first-order valence-corrected chi connectivity index (χ1v) is 6.68. The van der Waals surface area contributed by atoms with E-state index in [1.807, 2.05) is 24.3 Å². The van der Waals surface area contributed by atoms with Crippen molar-refractivity contribution >= 4 is 24.5 Å². The zero-order valence-electron chi connectivity index (χ0n) is 11.7. The average Bonchev–Trinajstić information content (AvgIpc) is 2.47. The Kier molecular flexibility index (Phi) is 7.82. The van der Waals surface area contributed by atoms with Crippen LogP contribution in [-0.2, 0) is 9.53 Å². The van der Waals surface area contributed by atoms with Crippen molar-refractivity contribution in [1.29, 1.82) is 0 Å². The van der Waals surface area contributed by atoms with Crippen LogP contribution in [0.1, 0.15) is 5.56 Å². The zero-order valence-corrected chi connectivity index (χ0v) is 12.6. The van der Waals surface area contributed by atoms with Crippen molar-refractivity contribution in [2.24, 2.45) is 0 Å². The highest BCUT2D eigenvalue weighted by atomic mass is 35.5. The first-order chi connectivity index (χ1) is 9.74. The van der Waals surface area contributed by atoms with Crippen LogP contribution >= 0.6 is 12.4 Å². The number of benzene rings is 1. The van der Waals surface area contributed by atoms with E-state index in [9.17, 15) is 4.79 Å². The maximum absolute atomic E-state index is 10.4. The van der Waals surface area contributed by atoms with E-state index in [4.69, 9.17) is 14.6 Å². The Bertz CT molecular complexity index is 455. The number of hydrogen-bond donors (Lipinski definition) is 1. The lowest BCUT2D eigenvalue weighted by atomic mass is 10.2. The van der Waals surface area contributed by atoms with Crippen molar-refractivity contribution in [2.45, 2.75) is 0 Å². The third kappa shape index (κ3) is 6.62. The molecular weight excluding hydrogens is 294 g/mol. The van der Waals surface area contributed by atoms with Crippen LogP contribution in [-0.4, -0.2) is 55.4 Å². The van der Waals surface area contributed by atoms with E-state index in [0.29, 0.717) is 6.61 Å². The van der Waals surface area contributed by atoms with Crippen molar-refractivity contribution in [3.8, 4) is 5.75 Å². The normalized spacial score (nSPS) is 15.6. The summed E-state index contributed by atoms with van der Waals surface area (Å²) in [5, 5.41) is 8.54. The maximum atomic E-state index is 10.4. The van der Waals surface area contributed by atoms with Crippen molar-refractivity contribution in [2.75, 3.05) is 39.5 Å². The van der Waals surface area contributed by atoms with Gasteiger partial charge in [0.2, 0.25) is 0 Å². The van der Waals surface area contributed by atoms with E-state index in [0.717, 1.165) is 50.2 Å². The topological polar surface area (TPSA) is 59.0 Å². The van der Waals surface area contributed by atoms with Crippen LogP contribution in [0.2, 0.25) is 0 Å². The molecule has 1 N–H and O–H groups in total. The number of carboxylic acid groups (broad SMARTS) is 1. The van der Waals surface area contributed by atoms with Crippen molar-refractivity contribution in [3.63, 3.8) is 0 Å². The Labute approximate surface area is 130 Å². The van der Waals surface area contributed by atoms with Crippen LogP contribution in [0.3, 0.4) is 0 Å². The molecule has 21 heavy (non-hydrogen) atoms. The molecule has 0 unspecified atom stereocenters. The second kappa shape index (κ2) is 9.39. The number of nitrogens with zero attached hydrogens (tertiary/aromatic N) is 1. The molecule has 0 aromatic heterocycles. The standard InChI is InChI=1S/C15H19NO4.ClH/c17-15(18)6-3-13-1-4-14(5-2-13)20-12-9-16-7-10-19-11-8-16;/h1-6H,7-12H2,(H,17,18);1H/b6-3+;. The number of aliphatic carboxylic acids is 1. The number of rotatable bonds is 6. The number of hydrogen-bond acceptors (Lipinski definition) is 4. The molecule has 116 valence electrons. The second-order valence-corrected chi connectivity index (χ2v) is 4.54. The number of carbonyl (C=O) groups is 1. The summed E-state index contributed by atoms with van der Waals surface area (Å²) in [5.74, 6) is -0.151. The largest absolute Gasteiger partial charge is 0.492 e. The van der Waals surface area contributed by atoms with Gasteiger partial charge in [-0.15, -0.1) is 12.4 Å². The molecule has 0 amide bonds. The van der Waals surface area contributed by atoms with Gasteiger partial charge in [0.05, 0.1) is 13.2 Å². The van der Waals surface area contributed by atoms with E-state index in [1.165, 1.54) is 0 Å². The smallest absolute Gasteiger partial charge is 0.328 e. The quantitative estimate of drug-likeness (QED) is 0.813. The number of ether oxygens (including phenoxy) is 2. The van der Waals surface area contributed by atoms with Gasteiger partial charge in [0.1, 0.15) is 12.4 Å². The molecule has 0 atom stereocenters. The van der Waals surface area contributed by atoms with Gasteiger partial charge < -0.3 is 14.6 Å². The van der Waals surface area contributed by atoms with E-state index < -0.39 is 5.97 Å². The van der Waals surface area contributed by atoms with Gasteiger partial charge in [0.15, 0.2) is 0 Å². The molecule has 1 fully saturated rings. The third-order valence-electron chi connectivity index (χ3n) is 3.08. The Morgan fingerprint density at radius 1 is 1.29 bits per heavy atom. The van der Waals surface area contributed by atoms with Crippen LogP contribution in [0.15, 0.2) is 30.3 Å². The molecule has 1 heterocycles. The minimum atomic E-state index is -0.948. The highest BCUT2D eigenvalue weighted by molar-refractivity contribution is 5.85. The first-order valence-electron chi connectivity index (χ1n) is 6.68. The molecule has 1 saturated heterocycles. The van der Waals surface area contributed by atoms with Gasteiger partial charge in [-0.25, -0.2) is 4.79 Å². The van der Waals surface area contributed by atoms with Crippen molar-refractivity contribution < 1.29 is 19.4 Å². The summed E-state index contributed by atoms with van der Waals surface area (Å²) in [7, 11) is 0. The first kappa shape index (κ1) is 17.5.